The van der Waals surface area contributed by atoms with Gasteiger partial charge in [0.2, 0.25) is 0 Å². The summed E-state index contributed by atoms with van der Waals surface area (Å²) in [6, 6.07) is 6.48. The van der Waals surface area contributed by atoms with E-state index in [-0.39, 0.29) is 17.5 Å². The number of aromatic carboxylic acids is 4. The maximum atomic E-state index is 12.6. The topological polar surface area (TPSA) is 193 Å². The summed E-state index contributed by atoms with van der Waals surface area (Å²) >= 11 is 0. The van der Waals surface area contributed by atoms with Crippen LogP contribution in [0.5, 0.6) is 0 Å². The summed E-state index contributed by atoms with van der Waals surface area (Å²) in [5.41, 5.74) is -1.99. The second-order valence-corrected chi connectivity index (χ2v) is 6.91. The zero-order valence-electron chi connectivity index (χ0n) is 16.0. The van der Waals surface area contributed by atoms with Gasteiger partial charge in [0.25, 0.3) is 0 Å². The molecule has 2 aromatic carbocycles. The molecule has 1 fully saturated rings. The lowest BCUT2D eigenvalue weighted by atomic mass is 9.77. The summed E-state index contributed by atoms with van der Waals surface area (Å²) in [7, 11) is 0. The molecule has 0 amide bonds. The Labute approximate surface area is 178 Å². The molecule has 1 aliphatic rings. The van der Waals surface area contributed by atoms with E-state index in [1.54, 1.807) is 0 Å². The lowest BCUT2D eigenvalue weighted by Gasteiger charge is -2.30. The van der Waals surface area contributed by atoms with Crippen LogP contribution in [0, 0.1) is 0 Å². The predicted octanol–water partition coefficient (Wildman–Crippen LogP) is 1.82. The molecule has 164 valence electrons. The van der Waals surface area contributed by atoms with Gasteiger partial charge < -0.3 is 25.2 Å². The molecule has 0 radical (unpaired) electrons. The number of esters is 2. The smallest absolute Gasteiger partial charge is 0.336 e. The third-order valence-corrected chi connectivity index (χ3v) is 5.05. The number of carboxylic acid groups (broad SMARTS) is 4. The number of carbonyl (C=O) groups excluding carboxylic acids is 2. The fourth-order valence-electron chi connectivity index (χ4n) is 3.63. The molecular weight excluding hydrogens is 428 g/mol. The molecule has 1 saturated heterocycles. The Bertz CT molecular complexity index is 1190. The highest BCUT2D eigenvalue weighted by atomic mass is 16.6. The van der Waals surface area contributed by atoms with Crippen LogP contribution in [0.25, 0.3) is 0 Å². The normalized spacial score (nSPS) is 18.0. The molecule has 3 rings (SSSR count). The first-order valence-corrected chi connectivity index (χ1v) is 8.96. The molecule has 2 unspecified atom stereocenters. The van der Waals surface area contributed by atoms with E-state index >= 15 is 0 Å². The van der Waals surface area contributed by atoms with E-state index < -0.39 is 69.9 Å². The summed E-state index contributed by atoms with van der Waals surface area (Å²) in [5.74, 6) is -10.3. The standard InChI is InChI=1S/C21H14O11/c22-15-7-12(8-1-3-10(17(23)24)13(5-8)19(27)28)16(21(31)32-15)9-2-4-11(18(25)26)14(6-9)20(29)30/h1-6,12,16H,7H2,(H,23,24)(H,25,26)(H,27,28)(H,29,30). The minimum absolute atomic E-state index is 0.0362. The van der Waals surface area contributed by atoms with Gasteiger partial charge in [-0.3, -0.25) is 9.59 Å². The Morgan fingerprint density at radius 2 is 1.12 bits per heavy atom. The van der Waals surface area contributed by atoms with Gasteiger partial charge in [-0.25, -0.2) is 19.2 Å². The van der Waals surface area contributed by atoms with Gasteiger partial charge in [0.15, 0.2) is 0 Å². The van der Waals surface area contributed by atoms with Crippen LogP contribution in [0.15, 0.2) is 36.4 Å². The lowest BCUT2D eigenvalue weighted by molar-refractivity contribution is -0.165. The first-order chi connectivity index (χ1) is 15.0. The molecule has 2 aromatic rings. The van der Waals surface area contributed by atoms with E-state index in [0.29, 0.717) is 0 Å². The average molecular weight is 442 g/mol. The van der Waals surface area contributed by atoms with E-state index in [4.69, 9.17) is 0 Å². The van der Waals surface area contributed by atoms with Crippen LogP contribution >= 0.6 is 0 Å². The third kappa shape index (κ3) is 4.03. The van der Waals surface area contributed by atoms with Crippen LogP contribution in [0.4, 0.5) is 0 Å². The van der Waals surface area contributed by atoms with Crippen molar-refractivity contribution in [1.82, 2.24) is 0 Å². The van der Waals surface area contributed by atoms with Crippen molar-refractivity contribution in [3.8, 4) is 0 Å². The molecular formula is C21H14O11. The van der Waals surface area contributed by atoms with Crippen molar-refractivity contribution in [2.45, 2.75) is 18.3 Å². The van der Waals surface area contributed by atoms with E-state index in [1.165, 1.54) is 12.1 Å². The largest absolute Gasteiger partial charge is 0.478 e. The molecule has 0 saturated carbocycles. The Morgan fingerprint density at radius 3 is 1.59 bits per heavy atom. The molecule has 4 N–H and O–H groups in total. The van der Waals surface area contributed by atoms with Gasteiger partial charge in [-0.05, 0) is 35.4 Å². The van der Waals surface area contributed by atoms with E-state index in [0.717, 1.165) is 24.3 Å². The maximum absolute atomic E-state index is 12.6. The second-order valence-electron chi connectivity index (χ2n) is 6.91. The van der Waals surface area contributed by atoms with E-state index in [2.05, 4.69) is 4.74 Å². The SMILES string of the molecule is O=C1CC(c2ccc(C(=O)O)c(C(=O)O)c2)C(c2ccc(C(=O)O)c(C(=O)O)c2)C(=O)O1. The lowest BCUT2D eigenvalue weighted by Crippen LogP contribution is -2.33. The van der Waals surface area contributed by atoms with Crippen molar-refractivity contribution in [3.63, 3.8) is 0 Å². The summed E-state index contributed by atoms with van der Waals surface area (Å²) < 4.78 is 4.67. The summed E-state index contributed by atoms with van der Waals surface area (Å²) in [6.45, 7) is 0. The summed E-state index contributed by atoms with van der Waals surface area (Å²) in [4.78, 5) is 70.1. The van der Waals surface area contributed by atoms with Crippen LogP contribution in [-0.4, -0.2) is 56.2 Å². The van der Waals surface area contributed by atoms with Crippen molar-refractivity contribution >= 4 is 35.8 Å². The molecule has 0 aliphatic carbocycles. The average Bonchev–Trinajstić information content (AvgIpc) is 2.72. The number of ether oxygens (including phenoxy) is 1. The second kappa shape index (κ2) is 8.30. The van der Waals surface area contributed by atoms with Crippen molar-refractivity contribution in [1.29, 1.82) is 0 Å². The van der Waals surface area contributed by atoms with Crippen LogP contribution < -0.4 is 0 Å². The number of benzene rings is 2. The molecule has 0 bridgehead atoms. The Balaban J connectivity index is 2.17. The molecule has 1 heterocycles. The first-order valence-electron chi connectivity index (χ1n) is 8.96. The summed E-state index contributed by atoms with van der Waals surface area (Å²) in [6.07, 6.45) is -0.384. The maximum Gasteiger partial charge on any atom is 0.336 e. The van der Waals surface area contributed by atoms with Crippen molar-refractivity contribution < 1.29 is 53.9 Å². The van der Waals surface area contributed by atoms with Crippen LogP contribution in [-0.2, 0) is 14.3 Å². The number of rotatable bonds is 6. The van der Waals surface area contributed by atoms with Crippen LogP contribution in [0.3, 0.4) is 0 Å². The zero-order chi connectivity index (χ0) is 23.7. The quantitative estimate of drug-likeness (QED) is 0.376. The monoisotopic (exact) mass is 442 g/mol. The first kappa shape index (κ1) is 22.2. The fraction of sp³-hybridized carbons (Fsp3) is 0.143. The van der Waals surface area contributed by atoms with Crippen molar-refractivity contribution in [2.24, 2.45) is 0 Å². The van der Waals surface area contributed by atoms with Gasteiger partial charge >= 0.3 is 35.8 Å². The van der Waals surface area contributed by atoms with Crippen LogP contribution in [0.1, 0.15) is 70.8 Å². The Morgan fingerprint density at radius 1 is 0.688 bits per heavy atom. The highest BCUT2D eigenvalue weighted by Gasteiger charge is 2.41. The third-order valence-electron chi connectivity index (χ3n) is 5.05. The minimum atomic E-state index is -1.56. The molecule has 11 nitrogen and oxygen atoms in total. The molecule has 11 heteroatoms. The molecule has 1 aliphatic heterocycles. The van der Waals surface area contributed by atoms with Gasteiger partial charge in [0.05, 0.1) is 34.6 Å². The highest BCUT2D eigenvalue weighted by molar-refractivity contribution is 6.03. The van der Waals surface area contributed by atoms with Crippen LogP contribution in [0.2, 0.25) is 0 Å². The van der Waals surface area contributed by atoms with Gasteiger partial charge in [-0.1, -0.05) is 12.1 Å². The van der Waals surface area contributed by atoms with Crippen molar-refractivity contribution in [2.75, 3.05) is 0 Å². The fourth-order valence-corrected chi connectivity index (χ4v) is 3.63. The minimum Gasteiger partial charge on any atom is -0.478 e. The Kier molecular flexibility index (Phi) is 5.75. The number of hydrogen-bond donors (Lipinski definition) is 4. The molecule has 0 spiro atoms. The number of hydrogen-bond acceptors (Lipinski definition) is 7. The molecule has 32 heavy (non-hydrogen) atoms. The highest BCUT2D eigenvalue weighted by Crippen LogP contribution is 2.41. The van der Waals surface area contributed by atoms with Gasteiger partial charge in [0.1, 0.15) is 0 Å². The van der Waals surface area contributed by atoms with Gasteiger partial charge in [-0.2, -0.15) is 0 Å². The summed E-state index contributed by atoms with van der Waals surface area (Å²) in [5, 5.41) is 37.1. The van der Waals surface area contributed by atoms with Crippen molar-refractivity contribution in [3.05, 3.63) is 69.8 Å². The van der Waals surface area contributed by atoms with Gasteiger partial charge in [0, 0.05) is 5.92 Å². The zero-order valence-corrected chi connectivity index (χ0v) is 16.0. The number of cyclic esters (lactones) is 2. The number of carbonyl (C=O) groups is 6. The predicted molar refractivity (Wildman–Crippen MR) is 102 cm³/mol. The Hall–Kier alpha value is -4.54. The number of carboxylic acids is 4. The van der Waals surface area contributed by atoms with E-state index in [9.17, 15) is 49.2 Å². The molecule has 0 aromatic heterocycles. The van der Waals surface area contributed by atoms with E-state index in [1.807, 2.05) is 0 Å². The molecule has 2 atom stereocenters. The van der Waals surface area contributed by atoms with Gasteiger partial charge in [-0.15, -0.1) is 0 Å².